The lowest BCUT2D eigenvalue weighted by atomic mass is 10.1. The van der Waals surface area contributed by atoms with Gasteiger partial charge in [0.1, 0.15) is 11.6 Å². The molecule has 2 aromatic rings. The third kappa shape index (κ3) is 2.26. The van der Waals surface area contributed by atoms with Gasteiger partial charge in [-0.15, -0.1) is 0 Å². The fraction of sp³-hybridized carbons (Fsp3) is 0.133. The second-order valence-electron chi connectivity index (χ2n) is 4.88. The van der Waals surface area contributed by atoms with E-state index in [2.05, 4.69) is 0 Å². The number of carbonyl (C=O) groups excluding carboxylic acids is 1. The maximum atomic E-state index is 13.5. The molecule has 1 heterocycles. The molecule has 0 radical (unpaired) electrons. The zero-order chi connectivity index (χ0) is 15.9. The van der Waals surface area contributed by atoms with Gasteiger partial charge < -0.3 is 4.74 Å². The van der Waals surface area contributed by atoms with E-state index >= 15 is 0 Å². The molecule has 0 aromatic heterocycles. The number of nitrogens with zero attached hydrogens (tertiary/aromatic N) is 2. The van der Waals surface area contributed by atoms with Crippen LogP contribution in [-0.2, 0) is 0 Å². The first-order valence-electron chi connectivity index (χ1n) is 6.46. The zero-order valence-electron chi connectivity index (χ0n) is 11.6. The molecular formula is C15H11FN2O4. The van der Waals surface area contributed by atoms with Crippen molar-refractivity contribution in [3.8, 4) is 5.75 Å². The second kappa shape index (κ2) is 5.10. The van der Waals surface area contributed by atoms with Gasteiger partial charge in [-0.2, -0.15) is 0 Å². The lowest BCUT2D eigenvalue weighted by molar-refractivity contribution is -0.384. The van der Waals surface area contributed by atoms with Crippen LogP contribution in [0.15, 0.2) is 36.4 Å². The summed E-state index contributed by atoms with van der Waals surface area (Å²) >= 11 is 0. The molecule has 0 saturated carbocycles. The molecule has 0 fully saturated rings. The first kappa shape index (κ1) is 14.0. The van der Waals surface area contributed by atoms with Crippen molar-refractivity contribution in [1.82, 2.24) is 0 Å². The van der Waals surface area contributed by atoms with Crippen LogP contribution in [0.1, 0.15) is 15.9 Å². The topological polar surface area (TPSA) is 72.7 Å². The van der Waals surface area contributed by atoms with Gasteiger partial charge in [0.2, 0.25) is 0 Å². The summed E-state index contributed by atoms with van der Waals surface area (Å²) < 4.78 is 18.9. The number of hydrogen-bond acceptors (Lipinski definition) is 4. The van der Waals surface area contributed by atoms with Crippen LogP contribution in [0.2, 0.25) is 0 Å². The normalized spacial score (nSPS) is 13.5. The lowest BCUT2D eigenvalue weighted by Gasteiger charge is -2.29. The predicted octanol–water partition coefficient (Wildman–Crippen LogP) is 3.04. The van der Waals surface area contributed by atoms with Crippen LogP contribution in [0.4, 0.5) is 15.8 Å². The smallest absolute Gasteiger partial charge is 0.269 e. The molecule has 0 bridgehead atoms. The molecule has 0 aliphatic carbocycles. The Balaban J connectivity index is 1.95. The average Bonchev–Trinajstić information content (AvgIpc) is 2.50. The lowest BCUT2D eigenvalue weighted by Crippen LogP contribution is -2.38. The van der Waals surface area contributed by atoms with E-state index in [0.29, 0.717) is 11.3 Å². The van der Waals surface area contributed by atoms with Crippen LogP contribution in [0.3, 0.4) is 0 Å². The summed E-state index contributed by atoms with van der Waals surface area (Å²) in [5, 5.41) is 10.7. The van der Waals surface area contributed by atoms with Gasteiger partial charge in [-0.25, -0.2) is 4.39 Å². The van der Waals surface area contributed by atoms with E-state index < -0.39 is 10.7 Å². The molecule has 6 nitrogen and oxygen atoms in total. The molecule has 0 atom stereocenters. The highest BCUT2D eigenvalue weighted by atomic mass is 19.1. The molecular weight excluding hydrogens is 291 g/mol. The van der Waals surface area contributed by atoms with Crippen molar-refractivity contribution in [3.63, 3.8) is 0 Å². The van der Waals surface area contributed by atoms with Crippen molar-refractivity contribution >= 4 is 17.3 Å². The van der Waals surface area contributed by atoms with Crippen LogP contribution < -0.4 is 9.64 Å². The van der Waals surface area contributed by atoms with Crippen LogP contribution in [0.25, 0.3) is 0 Å². The first-order valence-corrected chi connectivity index (χ1v) is 6.46. The molecule has 0 N–H and O–H groups in total. The van der Waals surface area contributed by atoms with Gasteiger partial charge >= 0.3 is 0 Å². The predicted molar refractivity (Wildman–Crippen MR) is 76.5 cm³/mol. The number of amides is 1. The minimum atomic E-state index is -0.514. The van der Waals surface area contributed by atoms with Crippen LogP contribution >= 0.6 is 0 Å². The molecule has 1 aliphatic rings. The third-order valence-electron chi connectivity index (χ3n) is 3.46. The van der Waals surface area contributed by atoms with Crippen molar-refractivity contribution in [2.24, 2.45) is 0 Å². The minimum Gasteiger partial charge on any atom is -0.472 e. The highest BCUT2D eigenvalue weighted by Crippen LogP contribution is 2.31. The summed E-state index contributed by atoms with van der Waals surface area (Å²) in [6, 6.07) is 8.20. The SMILES string of the molecule is Cc1cc2c(cc1F)OCN(c1ccc([N+](=O)[O-])cc1)C2=O. The van der Waals surface area contributed by atoms with Gasteiger partial charge in [-0.1, -0.05) is 0 Å². The summed E-state index contributed by atoms with van der Waals surface area (Å²) in [5.74, 6) is -0.570. The Kier molecular flexibility index (Phi) is 3.25. The van der Waals surface area contributed by atoms with E-state index in [4.69, 9.17) is 4.74 Å². The molecule has 1 amide bonds. The summed E-state index contributed by atoms with van der Waals surface area (Å²) in [7, 11) is 0. The van der Waals surface area contributed by atoms with Crippen LogP contribution in [-0.4, -0.2) is 17.6 Å². The quantitative estimate of drug-likeness (QED) is 0.631. The number of halogens is 1. The third-order valence-corrected chi connectivity index (χ3v) is 3.46. The largest absolute Gasteiger partial charge is 0.472 e. The van der Waals surface area contributed by atoms with Gasteiger partial charge in [0, 0.05) is 23.9 Å². The Bertz CT molecular complexity index is 774. The van der Waals surface area contributed by atoms with Crippen molar-refractivity contribution in [2.45, 2.75) is 6.92 Å². The van der Waals surface area contributed by atoms with Crippen LogP contribution in [0.5, 0.6) is 5.75 Å². The standard InChI is InChI=1S/C15H11FN2O4/c1-9-6-12-14(7-13(9)16)22-8-17(15(12)19)10-2-4-11(5-3-10)18(20)21/h2-7H,8H2,1H3. The Hall–Kier alpha value is -2.96. The van der Waals surface area contributed by atoms with E-state index in [9.17, 15) is 19.3 Å². The van der Waals surface area contributed by atoms with Crippen LogP contribution in [0, 0.1) is 22.9 Å². The van der Waals surface area contributed by atoms with E-state index in [1.165, 1.54) is 41.3 Å². The number of aryl methyl sites for hydroxylation is 1. The Labute approximate surface area is 124 Å². The number of hydrogen-bond donors (Lipinski definition) is 0. The highest BCUT2D eigenvalue weighted by molar-refractivity contribution is 6.08. The Morgan fingerprint density at radius 2 is 1.95 bits per heavy atom. The fourth-order valence-electron chi connectivity index (χ4n) is 2.23. The molecule has 3 rings (SSSR count). The van der Waals surface area contributed by atoms with Gasteiger partial charge in [0.15, 0.2) is 6.73 Å². The van der Waals surface area contributed by atoms with Gasteiger partial charge in [-0.3, -0.25) is 19.8 Å². The molecule has 2 aromatic carbocycles. The number of nitro benzene ring substituents is 1. The van der Waals surface area contributed by atoms with Crippen molar-refractivity contribution in [1.29, 1.82) is 0 Å². The average molecular weight is 302 g/mol. The molecule has 0 unspecified atom stereocenters. The van der Waals surface area contributed by atoms with Crippen molar-refractivity contribution in [2.75, 3.05) is 11.6 Å². The molecule has 7 heteroatoms. The maximum Gasteiger partial charge on any atom is 0.269 e. The van der Waals surface area contributed by atoms with Gasteiger partial charge in [-0.05, 0) is 30.7 Å². The first-order chi connectivity index (χ1) is 10.5. The molecule has 0 saturated heterocycles. The highest BCUT2D eigenvalue weighted by Gasteiger charge is 2.28. The van der Waals surface area contributed by atoms with Gasteiger partial charge in [0.25, 0.3) is 11.6 Å². The molecule has 22 heavy (non-hydrogen) atoms. The maximum absolute atomic E-state index is 13.5. The number of rotatable bonds is 2. The number of carbonyl (C=O) groups is 1. The minimum absolute atomic E-state index is 0.0626. The molecule has 112 valence electrons. The number of fused-ring (bicyclic) bond motifs is 1. The van der Waals surface area contributed by atoms with Gasteiger partial charge in [0.05, 0.1) is 10.5 Å². The number of ether oxygens (including phenoxy) is 1. The number of anilines is 1. The Morgan fingerprint density at radius 1 is 1.27 bits per heavy atom. The van der Waals surface area contributed by atoms with Crippen molar-refractivity contribution < 1.29 is 18.8 Å². The fourth-order valence-corrected chi connectivity index (χ4v) is 2.23. The second-order valence-corrected chi connectivity index (χ2v) is 4.88. The van der Waals surface area contributed by atoms with Crippen molar-refractivity contribution in [3.05, 3.63) is 63.5 Å². The van der Waals surface area contributed by atoms with E-state index in [-0.39, 0.29) is 29.6 Å². The van der Waals surface area contributed by atoms with E-state index in [1.807, 2.05) is 0 Å². The molecule has 0 spiro atoms. The zero-order valence-corrected chi connectivity index (χ0v) is 11.6. The summed E-state index contributed by atoms with van der Waals surface area (Å²) in [6.45, 7) is 1.49. The monoisotopic (exact) mass is 302 g/mol. The summed E-state index contributed by atoms with van der Waals surface area (Å²) in [6.07, 6.45) is 0. The number of benzene rings is 2. The Morgan fingerprint density at radius 3 is 2.59 bits per heavy atom. The van der Waals surface area contributed by atoms with E-state index in [1.54, 1.807) is 6.92 Å². The molecule has 1 aliphatic heterocycles. The van der Waals surface area contributed by atoms with E-state index in [0.717, 1.165) is 0 Å². The number of nitro groups is 1. The summed E-state index contributed by atoms with van der Waals surface area (Å²) in [4.78, 5) is 24.0. The summed E-state index contributed by atoms with van der Waals surface area (Å²) in [5.41, 5.74) is 1.03. The number of non-ortho nitro benzene ring substituents is 1.